The van der Waals surface area contributed by atoms with Gasteiger partial charge in [-0.2, -0.15) is 0 Å². The number of carbonyl (C=O) groups excluding carboxylic acids is 1. The summed E-state index contributed by atoms with van der Waals surface area (Å²) < 4.78 is 0.762. The van der Waals surface area contributed by atoms with Gasteiger partial charge in [0.15, 0.2) is 0 Å². The number of hydrogen-bond acceptors (Lipinski definition) is 3. The topological polar surface area (TPSA) is 81.0 Å². The number of nitrogens with zero attached hydrogens (tertiary/aromatic N) is 1. The molecule has 1 saturated carbocycles. The molecule has 2 aromatic rings. The number of amides is 1. The summed E-state index contributed by atoms with van der Waals surface area (Å²) >= 11 is 3.47. The molecule has 4 rings (SSSR count). The minimum atomic E-state index is -0.248. The number of aromatic amines is 2. The number of H-pyrrole nitrogens is 2. The zero-order chi connectivity index (χ0) is 17.4. The molecule has 0 bridgehead atoms. The van der Waals surface area contributed by atoms with Crippen LogP contribution in [0.4, 0.5) is 5.69 Å². The fourth-order valence-corrected chi connectivity index (χ4v) is 4.89. The van der Waals surface area contributed by atoms with Gasteiger partial charge in [0.1, 0.15) is 0 Å². The standard InChI is InChI=1S/C18H23BrN4O2/c19-12-8-14-15(22-18(25)21-14)9-13(12)20-17(24)10-23-7-3-5-11-4-1-2-6-16(11)23/h8-9,11,16H,1-7,10H2,(H,20,24)(H2,21,22,25)/t11-,16+/m1/s1. The van der Waals surface area contributed by atoms with Crippen LogP contribution in [0.25, 0.3) is 11.0 Å². The van der Waals surface area contributed by atoms with Gasteiger partial charge in [-0.25, -0.2) is 4.79 Å². The molecule has 7 heteroatoms. The molecule has 1 aliphatic carbocycles. The van der Waals surface area contributed by atoms with Crippen LogP contribution in [0.3, 0.4) is 0 Å². The van der Waals surface area contributed by atoms with Crippen molar-refractivity contribution in [2.75, 3.05) is 18.4 Å². The molecule has 1 aliphatic heterocycles. The summed E-state index contributed by atoms with van der Waals surface area (Å²) in [6, 6.07) is 4.16. The summed E-state index contributed by atoms with van der Waals surface area (Å²) in [5, 5.41) is 2.99. The molecule has 1 aromatic carbocycles. The zero-order valence-corrected chi connectivity index (χ0v) is 15.7. The molecule has 3 N–H and O–H groups in total. The first-order chi connectivity index (χ1) is 12.1. The Morgan fingerprint density at radius 2 is 1.88 bits per heavy atom. The van der Waals surface area contributed by atoms with Gasteiger partial charge in [0.05, 0.1) is 23.3 Å². The average Bonchev–Trinajstić information content (AvgIpc) is 2.94. The predicted octanol–water partition coefficient (Wildman–Crippen LogP) is 3.21. The Labute approximate surface area is 154 Å². The van der Waals surface area contributed by atoms with Gasteiger partial charge in [0.25, 0.3) is 0 Å². The van der Waals surface area contributed by atoms with E-state index in [0.29, 0.717) is 23.8 Å². The van der Waals surface area contributed by atoms with Crippen LogP contribution in [0.1, 0.15) is 38.5 Å². The highest BCUT2D eigenvalue weighted by Crippen LogP contribution is 2.35. The smallest absolute Gasteiger partial charge is 0.323 e. The molecule has 1 saturated heterocycles. The monoisotopic (exact) mass is 406 g/mol. The van der Waals surface area contributed by atoms with Crippen LogP contribution in [-0.2, 0) is 4.79 Å². The third kappa shape index (κ3) is 3.53. The van der Waals surface area contributed by atoms with Crippen molar-refractivity contribution in [1.29, 1.82) is 0 Å². The molecular formula is C18H23BrN4O2. The Balaban J connectivity index is 1.46. The molecule has 134 valence electrons. The number of piperidine rings is 1. The fraction of sp³-hybridized carbons (Fsp3) is 0.556. The second-order valence-electron chi connectivity index (χ2n) is 7.23. The van der Waals surface area contributed by atoms with Crippen LogP contribution < -0.4 is 11.0 Å². The maximum Gasteiger partial charge on any atom is 0.323 e. The van der Waals surface area contributed by atoms with Crippen LogP contribution in [0.5, 0.6) is 0 Å². The van der Waals surface area contributed by atoms with E-state index in [1.165, 1.54) is 38.5 Å². The van der Waals surface area contributed by atoms with Crippen LogP contribution in [0, 0.1) is 5.92 Å². The molecule has 0 spiro atoms. The van der Waals surface area contributed by atoms with Crippen molar-refractivity contribution in [2.24, 2.45) is 5.92 Å². The van der Waals surface area contributed by atoms with E-state index in [1.807, 2.05) is 0 Å². The van der Waals surface area contributed by atoms with Gasteiger partial charge in [-0.1, -0.05) is 12.8 Å². The second kappa shape index (κ2) is 6.96. The molecule has 2 fully saturated rings. The number of fused-ring (bicyclic) bond motifs is 2. The lowest BCUT2D eigenvalue weighted by molar-refractivity contribution is -0.118. The molecule has 6 nitrogen and oxygen atoms in total. The SMILES string of the molecule is O=C(CN1CCC[C@H]2CCCC[C@@H]21)Nc1cc2[nH]c(=O)[nH]c2cc1Br. The lowest BCUT2D eigenvalue weighted by Crippen LogP contribution is -2.49. The molecule has 0 radical (unpaired) electrons. The second-order valence-corrected chi connectivity index (χ2v) is 8.08. The van der Waals surface area contributed by atoms with Gasteiger partial charge >= 0.3 is 5.69 Å². The van der Waals surface area contributed by atoms with Crippen molar-refractivity contribution in [3.8, 4) is 0 Å². The minimum Gasteiger partial charge on any atom is -0.324 e. The molecule has 2 atom stereocenters. The largest absolute Gasteiger partial charge is 0.324 e. The van der Waals surface area contributed by atoms with Crippen molar-refractivity contribution < 1.29 is 4.79 Å². The van der Waals surface area contributed by atoms with Gasteiger partial charge < -0.3 is 15.3 Å². The van der Waals surface area contributed by atoms with E-state index in [-0.39, 0.29) is 11.6 Å². The van der Waals surface area contributed by atoms with Gasteiger partial charge in [0.2, 0.25) is 5.91 Å². The number of nitrogens with one attached hydrogen (secondary N) is 3. The fourth-order valence-electron chi connectivity index (χ4n) is 4.45. The Kier molecular flexibility index (Phi) is 4.69. The first kappa shape index (κ1) is 16.8. The van der Waals surface area contributed by atoms with Gasteiger partial charge in [0, 0.05) is 10.5 Å². The first-order valence-electron chi connectivity index (χ1n) is 9.05. The summed E-state index contributed by atoms with van der Waals surface area (Å²) in [7, 11) is 0. The van der Waals surface area contributed by atoms with E-state index in [9.17, 15) is 9.59 Å². The number of aromatic nitrogens is 2. The minimum absolute atomic E-state index is 0.00385. The van der Waals surface area contributed by atoms with E-state index < -0.39 is 0 Å². The van der Waals surface area contributed by atoms with E-state index >= 15 is 0 Å². The lowest BCUT2D eigenvalue weighted by atomic mass is 9.78. The predicted molar refractivity (Wildman–Crippen MR) is 102 cm³/mol. The summed E-state index contributed by atoms with van der Waals surface area (Å²) in [6.45, 7) is 1.45. The maximum atomic E-state index is 12.6. The Morgan fingerprint density at radius 1 is 1.16 bits per heavy atom. The Hall–Kier alpha value is -1.60. The van der Waals surface area contributed by atoms with E-state index in [4.69, 9.17) is 0 Å². The van der Waals surface area contributed by atoms with E-state index in [1.54, 1.807) is 12.1 Å². The Bertz CT molecular complexity index is 841. The average molecular weight is 407 g/mol. The lowest BCUT2D eigenvalue weighted by Gasteiger charge is -2.43. The maximum absolute atomic E-state index is 12.6. The highest BCUT2D eigenvalue weighted by atomic mass is 79.9. The number of imidazole rings is 1. The summed E-state index contributed by atoms with van der Waals surface area (Å²) in [4.78, 5) is 31.8. The first-order valence-corrected chi connectivity index (χ1v) is 9.85. The molecular weight excluding hydrogens is 384 g/mol. The number of likely N-dealkylation sites (tertiary alicyclic amines) is 1. The van der Waals surface area contributed by atoms with Crippen LogP contribution in [0.15, 0.2) is 21.4 Å². The number of carbonyl (C=O) groups is 1. The van der Waals surface area contributed by atoms with Crippen LogP contribution in [-0.4, -0.2) is 39.9 Å². The molecule has 2 heterocycles. The number of rotatable bonds is 3. The Morgan fingerprint density at radius 3 is 2.72 bits per heavy atom. The molecule has 1 aromatic heterocycles. The van der Waals surface area contributed by atoms with Gasteiger partial charge in [-0.05, 0) is 66.2 Å². The molecule has 2 aliphatic rings. The van der Waals surface area contributed by atoms with Gasteiger partial charge in [-0.15, -0.1) is 0 Å². The number of benzene rings is 1. The molecule has 25 heavy (non-hydrogen) atoms. The van der Waals surface area contributed by atoms with E-state index in [0.717, 1.165) is 22.5 Å². The third-order valence-electron chi connectivity index (χ3n) is 5.58. The number of halogens is 1. The summed E-state index contributed by atoms with van der Waals surface area (Å²) in [6.07, 6.45) is 7.65. The highest BCUT2D eigenvalue weighted by molar-refractivity contribution is 9.10. The highest BCUT2D eigenvalue weighted by Gasteiger charge is 2.33. The van der Waals surface area contributed by atoms with Crippen molar-refractivity contribution in [1.82, 2.24) is 14.9 Å². The molecule has 0 unspecified atom stereocenters. The van der Waals surface area contributed by atoms with Crippen LogP contribution >= 0.6 is 15.9 Å². The normalized spacial score (nSPS) is 24.2. The summed E-state index contributed by atoms with van der Waals surface area (Å²) in [5.41, 5.74) is 1.84. The zero-order valence-electron chi connectivity index (χ0n) is 14.1. The third-order valence-corrected chi connectivity index (χ3v) is 6.24. The van der Waals surface area contributed by atoms with Crippen molar-refractivity contribution in [3.63, 3.8) is 0 Å². The van der Waals surface area contributed by atoms with Crippen molar-refractivity contribution >= 4 is 38.6 Å². The van der Waals surface area contributed by atoms with Crippen LogP contribution in [0.2, 0.25) is 0 Å². The number of hydrogen-bond donors (Lipinski definition) is 3. The van der Waals surface area contributed by atoms with Crippen molar-refractivity contribution in [2.45, 2.75) is 44.6 Å². The van der Waals surface area contributed by atoms with Crippen molar-refractivity contribution in [3.05, 3.63) is 27.1 Å². The van der Waals surface area contributed by atoms with Gasteiger partial charge in [-0.3, -0.25) is 9.69 Å². The summed E-state index contributed by atoms with van der Waals surface area (Å²) in [5.74, 6) is 0.771. The quantitative estimate of drug-likeness (QED) is 0.731. The van der Waals surface area contributed by atoms with E-state index in [2.05, 4.69) is 36.1 Å². The molecule has 1 amide bonds. The number of anilines is 1.